The van der Waals surface area contributed by atoms with Crippen molar-refractivity contribution in [2.45, 2.75) is 62.5 Å². The van der Waals surface area contributed by atoms with Gasteiger partial charge in [0.05, 0.1) is 17.6 Å². The number of fused-ring (bicyclic) bond motifs is 1. The Bertz CT molecular complexity index is 292. The molecule has 2 bridgehead atoms. The molecule has 1 aliphatic heterocycles. The zero-order chi connectivity index (χ0) is 9.39. The molecular weight excluding hydrogens is 196 g/mol. The highest BCUT2D eigenvalue weighted by molar-refractivity contribution is 6.21. The predicted octanol–water partition coefficient (Wildman–Crippen LogP) is 3.11. The van der Waals surface area contributed by atoms with Gasteiger partial charge in [0.1, 0.15) is 0 Å². The Morgan fingerprint density at radius 3 is 2.86 bits per heavy atom. The molecule has 14 heavy (non-hydrogen) atoms. The minimum absolute atomic E-state index is 0.314. The van der Waals surface area contributed by atoms with Crippen molar-refractivity contribution in [3.8, 4) is 0 Å². The Kier molecular flexibility index (Phi) is 1.40. The van der Waals surface area contributed by atoms with Crippen LogP contribution in [0.4, 0.5) is 0 Å². The second kappa shape index (κ2) is 2.32. The molecule has 3 aliphatic carbocycles. The molecule has 1 heterocycles. The molecule has 3 saturated carbocycles. The van der Waals surface area contributed by atoms with Gasteiger partial charge in [0.2, 0.25) is 0 Å². The Balaban J connectivity index is 1.80. The minimum atomic E-state index is 0.314. The second-order valence-corrected chi connectivity index (χ2v) is 6.50. The standard InChI is InChI=1S/C12H17ClO/c13-8-5-11-3-1-2-4-12(11)6-9(8)14-10(12)7-11/h8-10H,1-7H2. The predicted molar refractivity (Wildman–Crippen MR) is 55.5 cm³/mol. The van der Waals surface area contributed by atoms with Gasteiger partial charge in [-0.3, -0.25) is 0 Å². The Morgan fingerprint density at radius 1 is 1.07 bits per heavy atom. The third-order valence-electron chi connectivity index (χ3n) is 5.67. The number of alkyl halides is 1. The summed E-state index contributed by atoms with van der Waals surface area (Å²) >= 11 is 6.42. The van der Waals surface area contributed by atoms with Crippen molar-refractivity contribution >= 4 is 11.6 Å². The van der Waals surface area contributed by atoms with Crippen LogP contribution in [0.1, 0.15) is 44.9 Å². The fourth-order valence-corrected chi connectivity index (χ4v) is 5.44. The molecule has 0 N–H and O–H groups in total. The third kappa shape index (κ3) is 0.694. The maximum atomic E-state index is 6.42. The molecule has 4 fully saturated rings. The largest absolute Gasteiger partial charge is 0.373 e. The molecular formula is C12H17ClO. The first kappa shape index (κ1) is 8.41. The van der Waals surface area contributed by atoms with Gasteiger partial charge in [-0.05, 0) is 37.5 Å². The number of halogens is 1. The van der Waals surface area contributed by atoms with E-state index in [-0.39, 0.29) is 0 Å². The molecule has 0 amide bonds. The first-order chi connectivity index (χ1) is 6.76. The summed E-state index contributed by atoms with van der Waals surface area (Å²) in [6.07, 6.45) is 10.6. The van der Waals surface area contributed by atoms with Crippen LogP contribution in [0.25, 0.3) is 0 Å². The Hall–Kier alpha value is 0.250. The van der Waals surface area contributed by atoms with Crippen LogP contribution in [0.15, 0.2) is 0 Å². The van der Waals surface area contributed by atoms with Crippen molar-refractivity contribution in [3.05, 3.63) is 0 Å². The van der Waals surface area contributed by atoms with Gasteiger partial charge in [0, 0.05) is 5.41 Å². The molecule has 1 saturated heterocycles. The monoisotopic (exact) mass is 212 g/mol. The van der Waals surface area contributed by atoms with E-state index in [0.717, 1.165) is 0 Å². The van der Waals surface area contributed by atoms with Gasteiger partial charge in [0.15, 0.2) is 0 Å². The molecule has 4 rings (SSSR count). The van der Waals surface area contributed by atoms with Crippen LogP contribution < -0.4 is 0 Å². The number of hydrogen-bond acceptors (Lipinski definition) is 1. The van der Waals surface area contributed by atoms with Crippen LogP contribution in [-0.2, 0) is 4.74 Å². The lowest BCUT2D eigenvalue weighted by Gasteiger charge is -2.65. The topological polar surface area (TPSA) is 9.23 Å². The number of rotatable bonds is 0. The molecule has 4 aliphatic rings. The number of ether oxygens (including phenoxy) is 1. The van der Waals surface area contributed by atoms with E-state index in [1.807, 2.05) is 0 Å². The third-order valence-corrected chi connectivity index (χ3v) is 6.11. The second-order valence-electron chi connectivity index (χ2n) is 5.94. The Morgan fingerprint density at radius 2 is 1.93 bits per heavy atom. The first-order valence-corrected chi connectivity index (χ1v) is 6.49. The van der Waals surface area contributed by atoms with Gasteiger partial charge < -0.3 is 4.74 Å². The van der Waals surface area contributed by atoms with E-state index in [0.29, 0.717) is 28.4 Å². The van der Waals surface area contributed by atoms with Gasteiger partial charge in [-0.2, -0.15) is 0 Å². The van der Waals surface area contributed by atoms with E-state index in [4.69, 9.17) is 16.3 Å². The van der Waals surface area contributed by atoms with Crippen molar-refractivity contribution in [1.82, 2.24) is 0 Å². The maximum Gasteiger partial charge on any atom is 0.0749 e. The highest BCUT2D eigenvalue weighted by Gasteiger charge is 2.73. The van der Waals surface area contributed by atoms with Crippen LogP contribution in [0.2, 0.25) is 0 Å². The lowest BCUT2D eigenvalue weighted by molar-refractivity contribution is -0.178. The summed E-state index contributed by atoms with van der Waals surface area (Å²) < 4.78 is 6.09. The van der Waals surface area contributed by atoms with E-state index >= 15 is 0 Å². The average molecular weight is 213 g/mol. The van der Waals surface area contributed by atoms with Crippen molar-refractivity contribution in [1.29, 1.82) is 0 Å². The molecule has 0 aromatic carbocycles. The summed E-state index contributed by atoms with van der Waals surface area (Å²) in [7, 11) is 0. The highest BCUT2D eigenvalue weighted by Crippen LogP contribution is 2.75. The summed E-state index contributed by atoms with van der Waals surface area (Å²) in [5.41, 5.74) is 1.22. The SMILES string of the molecule is ClC1CC23CCCCC24CC1OC4C3. The normalized spacial score (nSPS) is 64.5. The molecule has 0 aromatic heterocycles. The van der Waals surface area contributed by atoms with E-state index in [1.165, 1.54) is 44.9 Å². The summed E-state index contributed by atoms with van der Waals surface area (Å²) in [5, 5.41) is 0.314. The summed E-state index contributed by atoms with van der Waals surface area (Å²) in [6.45, 7) is 0. The zero-order valence-corrected chi connectivity index (χ0v) is 9.22. The fourth-order valence-electron chi connectivity index (χ4n) is 5.00. The van der Waals surface area contributed by atoms with Crippen molar-refractivity contribution in [2.24, 2.45) is 10.8 Å². The minimum Gasteiger partial charge on any atom is -0.373 e. The molecule has 5 atom stereocenters. The maximum absolute atomic E-state index is 6.42. The van der Waals surface area contributed by atoms with Crippen molar-refractivity contribution < 1.29 is 4.74 Å². The quantitative estimate of drug-likeness (QED) is 0.561. The van der Waals surface area contributed by atoms with Gasteiger partial charge in [-0.15, -0.1) is 11.6 Å². The van der Waals surface area contributed by atoms with Crippen LogP contribution in [0, 0.1) is 10.8 Å². The van der Waals surface area contributed by atoms with Crippen LogP contribution >= 0.6 is 11.6 Å². The van der Waals surface area contributed by atoms with Gasteiger partial charge in [0.25, 0.3) is 0 Å². The van der Waals surface area contributed by atoms with E-state index in [2.05, 4.69) is 0 Å². The van der Waals surface area contributed by atoms with Gasteiger partial charge >= 0.3 is 0 Å². The lowest BCUT2D eigenvalue weighted by Crippen LogP contribution is -2.62. The molecule has 78 valence electrons. The molecule has 2 heteroatoms. The Labute approximate surface area is 90.1 Å². The summed E-state index contributed by atoms with van der Waals surface area (Å²) in [5.74, 6) is 0. The molecule has 1 spiro atoms. The molecule has 0 aromatic rings. The summed E-state index contributed by atoms with van der Waals surface area (Å²) in [6, 6.07) is 0. The zero-order valence-electron chi connectivity index (χ0n) is 8.47. The number of hydrogen-bond donors (Lipinski definition) is 0. The van der Waals surface area contributed by atoms with Gasteiger partial charge in [-0.25, -0.2) is 0 Å². The van der Waals surface area contributed by atoms with Crippen LogP contribution in [0.3, 0.4) is 0 Å². The van der Waals surface area contributed by atoms with Crippen molar-refractivity contribution in [3.63, 3.8) is 0 Å². The van der Waals surface area contributed by atoms with E-state index in [9.17, 15) is 0 Å². The molecule has 0 radical (unpaired) electrons. The molecule has 1 nitrogen and oxygen atoms in total. The fraction of sp³-hybridized carbons (Fsp3) is 1.00. The first-order valence-electron chi connectivity index (χ1n) is 6.05. The van der Waals surface area contributed by atoms with Gasteiger partial charge in [-0.1, -0.05) is 12.8 Å². The highest BCUT2D eigenvalue weighted by atomic mass is 35.5. The van der Waals surface area contributed by atoms with E-state index < -0.39 is 0 Å². The van der Waals surface area contributed by atoms with Crippen molar-refractivity contribution in [2.75, 3.05) is 0 Å². The average Bonchev–Trinajstić information content (AvgIpc) is 2.32. The smallest absolute Gasteiger partial charge is 0.0749 e. The molecule has 5 unspecified atom stereocenters. The van der Waals surface area contributed by atoms with Crippen LogP contribution in [0.5, 0.6) is 0 Å². The summed E-state index contributed by atoms with van der Waals surface area (Å²) in [4.78, 5) is 0. The van der Waals surface area contributed by atoms with E-state index in [1.54, 1.807) is 0 Å². The van der Waals surface area contributed by atoms with Crippen LogP contribution in [-0.4, -0.2) is 17.6 Å². The lowest BCUT2D eigenvalue weighted by atomic mass is 9.39.